The molecular formula is C11H19NO4S2. The van der Waals surface area contributed by atoms with Crippen LogP contribution in [0.1, 0.15) is 27.7 Å². The van der Waals surface area contributed by atoms with Crippen LogP contribution in [0, 0.1) is 5.92 Å². The average Bonchev–Trinajstić information content (AvgIpc) is 2.21. The molecule has 0 bridgehead atoms. The molecule has 0 heterocycles. The van der Waals surface area contributed by atoms with E-state index in [1.165, 1.54) is 0 Å². The number of carboxylic acids is 1. The van der Waals surface area contributed by atoms with Crippen molar-refractivity contribution in [3.63, 3.8) is 0 Å². The van der Waals surface area contributed by atoms with E-state index in [0.717, 1.165) is 11.8 Å². The summed E-state index contributed by atoms with van der Waals surface area (Å²) >= 11 is 4.97. The molecule has 0 aliphatic heterocycles. The third-order valence-electron chi connectivity index (χ3n) is 2.02. The zero-order chi connectivity index (χ0) is 14.5. The molecular weight excluding hydrogens is 274 g/mol. The van der Waals surface area contributed by atoms with Crippen LogP contribution in [0.25, 0.3) is 0 Å². The van der Waals surface area contributed by atoms with Gasteiger partial charge >= 0.3 is 5.97 Å². The number of thioether (sulfide) groups is 1. The fraction of sp³-hybridized carbons (Fsp3) is 0.727. The Labute approximate surface area is 116 Å². The molecule has 104 valence electrons. The van der Waals surface area contributed by atoms with Gasteiger partial charge in [0.2, 0.25) is 5.91 Å². The summed E-state index contributed by atoms with van der Waals surface area (Å²) in [5, 5.41) is 11.2. The second-order valence-corrected chi connectivity index (χ2v) is 6.85. The minimum Gasteiger partial charge on any atom is -0.480 e. The first-order valence-electron chi connectivity index (χ1n) is 5.48. The van der Waals surface area contributed by atoms with Crippen molar-refractivity contribution in [1.82, 2.24) is 5.32 Å². The van der Waals surface area contributed by atoms with Gasteiger partial charge < -0.3 is 10.4 Å². The number of aliphatic carboxylic acids is 1. The minimum atomic E-state index is -1.16. The van der Waals surface area contributed by atoms with Gasteiger partial charge in [-0.3, -0.25) is 9.59 Å². The van der Waals surface area contributed by atoms with E-state index in [9.17, 15) is 14.4 Å². The molecule has 0 radical (unpaired) electrons. The first-order chi connectivity index (χ1) is 8.05. The van der Waals surface area contributed by atoms with Crippen molar-refractivity contribution < 1.29 is 19.5 Å². The molecule has 5 nitrogen and oxygen atoms in total. The number of nitrogens with one attached hydrogen (secondary N) is 1. The molecule has 0 saturated heterocycles. The maximum Gasteiger partial charge on any atom is 0.327 e. The van der Waals surface area contributed by atoms with E-state index in [1.54, 1.807) is 27.7 Å². The van der Waals surface area contributed by atoms with Gasteiger partial charge in [0.25, 0.3) is 0 Å². The maximum absolute atomic E-state index is 11.6. The lowest BCUT2D eigenvalue weighted by Crippen LogP contribution is -2.48. The van der Waals surface area contributed by atoms with Crippen molar-refractivity contribution in [1.29, 1.82) is 0 Å². The summed E-state index contributed by atoms with van der Waals surface area (Å²) in [6.45, 7) is 6.61. The summed E-state index contributed by atoms with van der Waals surface area (Å²) in [5.74, 6) is -1.79. The average molecular weight is 293 g/mol. The minimum absolute atomic E-state index is 0.0158. The molecule has 0 aromatic heterocycles. The third-order valence-corrected chi connectivity index (χ3v) is 3.48. The van der Waals surface area contributed by atoms with Gasteiger partial charge in [0.15, 0.2) is 5.12 Å². The zero-order valence-electron chi connectivity index (χ0n) is 10.9. The fourth-order valence-electron chi connectivity index (χ4n) is 0.842. The van der Waals surface area contributed by atoms with Crippen molar-refractivity contribution in [2.24, 2.45) is 5.92 Å². The lowest BCUT2D eigenvalue weighted by Gasteiger charge is -2.21. The monoisotopic (exact) mass is 293 g/mol. The van der Waals surface area contributed by atoms with Crippen LogP contribution in [0.3, 0.4) is 0 Å². The number of carbonyl (C=O) groups excluding carboxylic acids is 2. The number of amides is 1. The predicted octanol–water partition coefficient (Wildman–Crippen LogP) is 1.18. The van der Waals surface area contributed by atoms with E-state index in [-0.39, 0.29) is 16.8 Å². The molecule has 0 aromatic carbocycles. The Balaban J connectivity index is 4.47. The second-order valence-electron chi connectivity index (χ2n) is 4.71. The van der Waals surface area contributed by atoms with Crippen LogP contribution in [-0.4, -0.2) is 38.6 Å². The van der Waals surface area contributed by atoms with Crippen molar-refractivity contribution in [2.75, 3.05) is 5.75 Å². The number of hydrogen-bond acceptors (Lipinski definition) is 5. The molecule has 18 heavy (non-hydrogen) atoms. The van der Waals surface area contributed by atoms with E-state index in [4.69, 9.17) is 5.11 Å². The zero-order valence-corrected chi connectivity index (χ0v) is 12.6. The Morgan fingerprint density at radius 2 is 1.83 bits per heavy atom. The van der Waals surface area contributed by atoms with Crippen LogP contribution in [-0.2, 0) is 14.4 Å². The first-order valence-corrected chi connectivity index (χ1v) is 6.91. The molecule has 1 atom stereocenters. The Morgan fingerprint density at radius 3 is 2.17 bits per heavy atom. The number of thiol groups is 1. The number of carboxylic acid groups (broad SMARTS) is 1. The molecule has 7 heteroatoms. The molecule has 0 fully saturated rings. The van der Waals surface area contributed by atoms with Crippen LogP contribution >= 0.6 is 24.4 Å². The number of carbonyl (C=O) groups is 3. The summed E-state index contributed by atoms with van der Waals surface area (Å²) in [5.41, 5.74) is 0. The Bertz CT molecular complexity index is 336. The van der Waals surface area contributed by atoms with Crippen LogP contribution in [0.4, 0.5) is 0 Å². The van der Waals surface area contributed by atoms with Crippen LogP contribution < -0.4 is 5.32 Å². The van der Waals surface area contributed by atoms with Gasteiger partial charge in [0, 0.05) is 11.7 Å². The Kier molecular flexibility index (Phi) is 6.77. The Morgan fingerprint density at radius 1 is 1.33 bits per heavy atom. The molecule has 0 spiro atoms. The van der Waals surface area contributed by atoms with Gasteiger partial charge in [-0.05, 0) is 13.8 Å². The maximum atomic E-state index is 11.6. The molecule has 0 rings (SSSR count). The number of hydrogen-bond donors (Lipinski definition) is 3. The largest absolute Gasteiger partial charge is 0.480 e. The van der Waals surface area contributed by atoms with E-state index in [0.29, 0.717) is 0 Å². The summed E-state index contributed by atoms with van der Waals surface area (Å²) < 4.78 is -0.958. The topological polar surface area (TPSA) is 83.5 Å². The van der Waals surface area contributed by atoms with Gasteiger partial charge in [-0.1, -0.05) is 25.6 Å². The normalized spacial score (nSPS) is 13.2. The van der Waals surface area contributed by atoms with Gasteiger partial charge in [0.1, 0.15) is 6.04 Å². The lowest BCUT2D eigenvalue weighted by molar-refractivity contribution is -0.141. The summed E-state index contributed by atoms with van der Waals surface area (Å²) in [7, 11) is 0. The lowest BCUT2D eigenvalue weighted by atomic mass is 10.2. The van der Waals surface area contributed by atoms with E-state index in [2.05, 4.69) is 17.9 Å². The van der Waals surface area contributed by atoms with E-state index < -0.39 is 22.7 Å². The highest BCUT2D eigenvalue weighted by Crippen LogP contribution is 2.15. The highest BCUT2D eigenvalue weighted by molar-refractivity contribution is 8.13. The quantitative estimate of drug-likeness (QED) is 0.641. The van der Waals surface area contributed by atoms with Gasteiger partial charge in [-0.2, -0.15) is 12.6 Å². The van der Waals surface area contributed by atoms with E-state index in [1.807, 2.05) is 0 Å². The molecule has 0 unspecified atom stereocenters. The smallest absolute Gasteiger partial charge is 0.327 e. The highest BCUT2D eigenvalue weighted by Gasteiger charge is 2.28. The molecule has 0 aromatic rings. The number of rotatable bonds is 6. The molecule has 0 saturated carbocycles. The van der Waals surface area contributed by atoms with Crippen molar-refractivity contribution >= 4 is 41.4 Å². The molecule has 2 N–H and O–H groups in total. The van der Waals surface area contributed by atoms with Gasteiger partial charge in [-0.15, -0.1) is 0 Å². The Hall–Kier alpha value is -0.690. The fourth-order valence-corrected chi connectivity index (χ4v) is 1.80. The molecule has 0 aliphatic rings. The third kappa shape index (κ3) is 6.30. The van der Waals surface area contributed by atoms with E-state index >= 15 is 0 Å². The summed E-state index contributed by atoms with van der Waals surface area (Å²) in [4.78, 5) is 34.0. The summed E-state index contributed by atoms with van der Waals surface area (Å²) in [6.07, 6.45) is 0. The van der Waals surface area contributed by atoms with Crippen LogP contribution in [0.15, 0.2) is 0 Å². The predicted molar refractivity (Wildman–Crippen MR) is 74.9 cm³/mol. The standard InChI is InChI=1S/C11H19NO4S2/c1-6(2)9(15)18-5-7(8(13)14)12-10(16)11(3,4)17/h6-7,17H,5H2,1-4H3,(H,12,16)(H,13,14)/t7-/m0/s1. The highest BCUT2D eigenvalue weighted by atomic mass is 32.2. The second kappa shape index (κ2) is 7.04. The van der Waals surface area contributed by atoms with Crippen molar-refractivity contribution in [2.45, 2.75) is 38.5 Å². The van der Waals surface area contributed by atoms with Crippen molar-refractivity contribution in [3.05, 3.63) is 0 Å². The van der Waals surface area contributed by atoms with Crippen molar-refractivity contribution in [3.8, 4) is 0 Å². The first kappa shape index (κ1) is 17.3. The molecule has 0 aliphatic carbocycles. The summed E-state index contributed by atoms with van der Waals surface area (Å²) in [6, 6.07) is -1.09. The molecule has 1 amide bonds. The van der Waals surface area contributed by atoms with Gasteiger partial charge in [-0.25, -0.2) is 4.79 Å². The van der Waals surface area contributed by atoms with Crippen LogP contribution in [0.5, 0.6) is 0 Å². The van der Waals surface area contributed by atoms with Gasteiger partial charge in [0.05, 0.1) is 4.75 Å². The van der Waals surface area contributed by atoms with Crippen LogP contribution in [0.2, 0.25) is 0 Å². The SMILES string of the molecule is CC(C)C(=O)SC[C@H](NC(=O)C(C)(C)S)C(=O)O.